The molecule has 4 heteroatoms. The van der Waals surface area contributed by atoms with Crippen molar-refractivity contribution in [1.29, 1.82) is 0 Å². The van der Waals surface area contributed by atoms with Crippen LogP contribution in [0.15, 0.2) is 18.7 Å². The fourth-order valence-electron chi connectivity index (χ4n) is 2.73. The number of rotatable bonds is 6. The SMILES string of the molecule is NCC1CCCCC1NCCCn1ccnc1. The van der Waals surface area contributed by atoms with Crippen LogP contribution in [0.25, 0.3) is 0 Å². The van der Waals surface area contributed by atoms with Gasteiger partial charge in [0.05, 0.1) is 6.33 Å². The molecule has 1 aromatic rings. The van der Waals surface area contributed by atoms with E-state index in [0.29, 0.717) is 12.0 Å². The van der Waals surface area contributed by atoms with E-state index in [2.05, 4.69) is 14.9 Å². The molecule has 2 unspecified atom stereocenters. The highest BCUT2D eigenvalue weighted by molar-refractivity contribution is 4.81. The van der Waals surface area contributed by atoms with E-state index in [4.69, 9.17) is 5.73 Å². The van der Waals surface area contributed by atoms with E-state index in [0.717, 1.165) is 26.1 Å². The minimum Gasteiger partial charge on any atom is -0.337 e. The summed E-state index contributed by atoms with van der Waals surface area (Å²) in [7, 11) is 0. The third-order valence-corrected chi connectivity index (χ3v) is 3.77. The summed E-state index contributed by atoms with van der Waals surface area (Å²) in [6.45, 7) is 2.96. The lowest BCUT2D eigenvalue weighted by atomic mass is 9.84. The number of aromatic nitrogens is 2. The van der Waals surface area contributed by atoms with Crippen LogP contribution in [-0.4, -0.2) is 28.7 Å². The van der Waals surface area contributed by atoms with Crippen LogP contribution in [0.5, 0.6) is 0 Å². The zero-order valence-corrected chi connectivity index (χ0v) is 10.5. The van der Waals surface area contributed by atoms with Crippen LogP contribution in [0, 0.1) is 5.92 Å². The molecule has 2 atom stereocenters. The molecule has 1 aliphatic carbocycles. The Morgan fingerprint density at radius 2 is 2.24 bits per heavy atom. The normalized spacial score (nSPS) is 25.0. The van der Waals surface area contributed by atoms with Crippen molar-refractivity contribution in [2.24, 2.45) is 11.7 Å². The first kappa shape index (κ1) is 12.6. The van der Waals surface area contributed by atoms with Crippen LogP contribution in [0.3, 0.4) is 0 Å². The highest BCUT2D eigenvalue weighted by Crippen LogP contribution is 2.23. The summed E-state index contributed by atoms with van der Waals surface area (Å²) in [5.74, 6) is 0.692. The molecule has 1 heterocycles. The van der Waals surface area contributed by atoms with Crippen molar-refractivity contribution in [3.05, 3.63) is 18.7 Å². The molecule has 96 valence electrons. The molecule has 3 N–H and O–H groups in total. The third kappa shape index (κ3) is 3.82. The molecule has 0 aliphatic heterocycles. The second kappa shape index (κ2) is 6.77. The molecule has 0 amide bonds. The first-order chi connectivity index (χ1) is 8.40. The van der Waals surface area contributed by atoms with Gasteiger partial charge in [-0.3, -0.25) is 0 Å². The topological polar surface area (TPSA) is 55.9 Å². The number of hydrogen-bond acceptors (Lipinski definition) is 3. The second-order valence-electron chi connectivity index (χ2n) is 4.99. The van der Waals surface area contributed by atoms with Crippen molar-refractivity contribution in [3.63, 3.8) is 0 Å². The zero-order chi connectivity index (χ0) is 11.9. The quantitative estimate of drug-likeness (QED) is 0.734. The number of aryl methyl sites for hydroxylation is 1. The maximum Gasteiger partial charge on any atom is 0.0945 e. The second-order valence-corrected chi connectivity index (χ2v) is 4.99. The van der Waals surface area contributed by atoms with Crippen molar-refractivity contribution in [2.75, 3.05) is 13.1 Å². The first-order valence-electron chi connectivity index (χ1n) is 6.79. The molecule has 17 heavy (non-hydrogen) atoms. The standard InChI is InChI=1S/C13H24N4/c14-10-12-4-1-2-5-13(12)16-6-3-8-17-9-7-15-11-17/h7,9,11-13,16H,1-6,8,10,14H2. The number of nitrogens with one attached hydrogen (secondary N) is 1. The van der Waals surface area contributed by atoms with Crippen LogP contribution in [0.4, 0.5) is 0 Å². The summed E-state index contributed by atoms with van der Waals surface area (Å²) < 4.78 is 2.13. The lowest BCUT2D eigenvalue weighted by Gasteiger charge is -2.31. The Balaban J connectivity index is 1.63. The Morgan fingerprint density at radius 1 is 1.35 bits per heavy atom. The molecule has 1 fully saturated rings. The van der Waals surface area contributed by atoms with Crippen LogP contribution in [0.1, 0.15) is 32.1 Å². The summed E-state index contributed by atoms with van der Waals surface area (Å²) in [6, 6.07) is 0.650. The van der Waals surface area contributed by atoms with Crippen molar-refractivity contribution < 1.29 is 0 Å². The van der Waals surface area contributed by atoms with Crippen molar-refractivity contribution >= 4 is 0 Å². The molecule has 0 radical (unpaired) electrons. The van der Waals surface area contributed by atoms with Gasteiger partial charge in [0.2, 0.25) is 0 Å². The summed E-state index contributed by atoms with van der Waals surface area (Å²) >= 11 is 0. The van der Waals surface area contributed by atoms with E-state index in [-0.39, 0.29) is 0 Å². The minimum atomic E-state index is 0.650. The van der Waals surface area contributed by atoms with Crippen molar-refractivity contribution in [1.82, 2.24) is 14.9 Å². The fraction of sp³-hybridized carbons (Fsp3) is 0.769. The van der Waals surface area contributed by atoms with E-state index >= 15 is 0 Å². The molecule has 0 spiro atoms. The van der Waals surface area contributed by atoms with Crippen LogP contribution in [-0.2, 0) is 6.54 Å². The van der Waals surface area contributed by atoms with Crippen LogP contribution >= 0.6 is 0 Å². The predicted octanol–water partition coefficient (Wildman–Crippen LogP) is 1.38. The minimum absolute atomic E-state index is 0.650. The highest BCUT2D eigenvalue weighted by atomic mass is 15.0. The average Bonchev–Trinajstić information content (AvgIpc) is 2.88. The van der Waals surface area contributed by atoms with Crippen molar-refractivity contribution in [2.45, 2.75) is 44.7 Å². The number of nitrogens with two attached hydrogens (primary N) is 1. The Labute approximate surface area is 104 Å². The van der Waals surface area contributed by atoms with Gasteiger partial charge in [-0.15, -0.1) is 0 Å². The molecule has 4 nitrogen and oxygen atoms in total. The van der Waals surface area contributed by atoms with Gasteiger partial charge in [0.1, 0.15) is 0 Å². The van der Waals surface area contributed by atoms with E-state index in [1.165, 1.54) is 25.7 Å². The summed E-state index contributed by atoms with van der Waals surface area (Å²) in [5, 5.41) is 3.67. The first-order valence-corrected chi connectivity index (χ1v) is 6.79. The number of imidazole rings is 1. The Hall–Kier alpha value is -0.870. The monoisotopic (exact) mass is 236 g/mol. The summed E-state index contributed by atoms with van der Waals surface area (Å²) in [6.07, 6.45) is 12.2. The van der Waals surface area contributed by atoms with Gasteiger partial charge in [0, 0.05) is 25.0 Å². The smallest absolute Gasteiger partial charge is 0.0945 e. The maximum atomic E-state index is 5.82. The van der Waals surface area contributed by atoms with Gasteiger partial charge in [-0.25, -0.2) is 4.98 Å². The Morgan fingerprint density at radius 3 is 3.00 bits per heavy atom. The summed E-state index contributed by atoms with van der Waals surface area (Å²) in [4.78, 5) is 4.04. The van der Waals surface area contributed by atoms with E-state index in [1.807, 2.05) is 18.7 Å². The lowest BCUT2D eigenvalue weighted by Crippen LogP contribution is -2.42. The lowest BCUT2D eigenvalue weighted by molar-refractivity contribution is 0.267. The zero-order valence-electron chi connectivity index (χ0n) is 10.5. The fourth-order valence-corrected chi connectivity index (χ4v) is 2.73. The molecule has 0 aromatic carbocycles. The summed E-state index contributed by atoms with van der Waals surface area (Å²) in [5.41, 5.74) is 5.82. The van der Waals surface area contributed by atoms with Crippen molar-refractivity contribution in [3.8, 4) is 0 Å². The molecule has 2 rings (SSSR count). The number of nitrogens with zero attached hydrogens (tertiary/aromatic N) is 2. The highest BCUT2D eigenvalue weighted by Gasteiger charge is 2.22. The van der Waals surface area contributed by atoms with Gasteiger partial charge >= 0.3 is 0 Å². The Bertz CT molecular complexity index is 296. The van der Waals surface area contributed by atoms with Gasteiger partial charge in [0.15, 0.2) is 0 Å². The van der Waals surface area contributed by atoms with Gasteiger partial charge in [-0.2, -0.15) is 0 Å². The van der Waals surface area contributed by atoms with E-state index in [9.17, 15) is 0 Å². The molecular weight excluding hydrogens is 212 g/mol. The van der Waals surface area contributed by atoms with Crippen LogP contribution < -0.4 is 11.1 Å². The average molecular weight is 236 g/mol. The Kier molecular flexibility index (Phi) is 5.01. The predicted molar refractivity (Wildman–Crippen MR) is 69.6 cm³/mol. The molecule has 1 aliphatic rings. The largest absolute Gasteiger partial charge is 0.337 e. The van der Waals surface area contributed by atoms with E-state index < -0.39 is 0 Å². The van der Waals surface area contributed by atoms with Gasteiger partial charge < -0.3 is 15.6 Å². The van der Waals surface area contributed by atoms with Gasteiger partial charge in [-0.1, -0.05) is 12.8 Å². The van der Waals surface area contributed by atoms with E-state index in [1.54, 1.807) is 0 Å². The number of hydrogen-bond donors (Lipinski definition) is 2. The molecule has 1 saturated carbocycles. The van der Waals surface area contributed by atoms with Crippen LogP contribution in [0.2, 0.25) is 0 Å². The molecule has 0 saturated heterocycles. The van der Waals surface area contributed by atoms with Gasteiger partial charge in [0.25, 0.3) is 0 Å². The molecular formula is C13H24N4. The maximum absolute atomic E-state index is 5.82. The third-order valence-electron chi connectivity index (χ3n) is 3.77. The molecule has 1 aromatic heterocycles. The molecule has 0 bridgehead atoms. The van der Waals surface area contributed by atoms with Gasteiger partial charge in [-0.05, 0) is 38.3 Å².